The number of likely N-dealkylation sites (tertiary alicyclic amines) is 1. The van der Waals surface area contributed by atoms with Gasteiger partial charge in [-0.2, -0.15) is 0 Å². The zero-order valence-electron chi connectivity index (χ0n) is 17.3. The minimum atomic E-state index is -0.241. The first kappa shape index (κ1) is 20.3. The molecule has 1 saturated heterocycles. The van der Waals surface area contributed by atoms with Crippen molar-refractivity contribution in [2.75, 3.05) is 19.8 Å². The van der Waals surface area contributed by atoms with Gasteiger partial charge in [0.05, 0.1) is 19.3 Å². The van der Waals surface area contributed by atoms with Crippen molar-refractivity contribution in [1.29, 1.82) is 0 Å². The molecular weight excluding hydrogens is 380 g/mol. The van der Waals surface area contributed by atoms with E-state index in [1.54, 1.807) is 12.1 Å². The fourth-order valence-electron chi connectivity index (χ4n) is 4.13. The van der Waals surface area contributed by atoms with Gasteiger partial charge in [0.15, 0.2) is 11.5 Å². The number of carbonyl (C=O) groups is 2. The minimum absolute atomic E-state index is 0.0340. The van der Waals surface area contributed by atoms with Crippen LogP contribution in [0.25, 0.3) is 0 Å². The molecule has 2 aromatic rings. The van der Waals surface area contributed by atoms with E-state index >= 15 is 0 Å². The summed E-state index contributed by atoms with van der Waals surface area (Å²) in [6.07, 6.45) is 3.04. The highest BCUT2D eigenvalue weighted by molar-refractivity contribution is 5.94. The Balaban J connectivity index is 1.40. The molecule has 2 aliphatic rings. The van der Waals surface area contributed by atoms with Crippen molar-refractivity contribution >= 4 is 11.8 Å². The summed E-state index contributed by atoms with van der Waals surface area (Å²) in [4.78, 5) is 27.3. The van der Waals surface area contributed by atoms with Gasteiger partial charge in [-0.25, -0.2) is 0 Å². The third kappa shape index (κ3) is 4.58. The molecule has 2 heterocycles. The van der Waals surface area contributed by atoms with Crippen molar-refractivity contribution in [2.24, 2.45) is 0 Å². The van der Waals surface area contributed by atoms with Gasteiger partial charge in [-0.05, 0) is 49.6 Å². The van der Waals surface area contributed by atoms with Crippen LogP contribution in [0.4, 0.5) is 0 Å². The predicted octanol–water partition coefficient (Wildman–Crippen LogP) is 3.72. The summed E-state index contributed by atoms with van der Waals surface area (Å²) in [5, 5.41) is 2.93. The van der Waals surface area contributed by atoms with Crippen LogP contribution in [0.3, 0.4) is 0 Å². The van der Waals surface area contributed by atoms with Gasteiger partial charge in [0.2, 0.25) is 5.91 Å². The first-order valence-electron chi connectivity index (χ1n) is 10.7. The smallest absolute Gasteiger partial charge is 0.251 e. The van der Waals surface area contributed by atoms with Crippen LogP contribution in [-0.4, -0.2) is 42.5 Å². The van der Waals surface area contributed by atoms with E-state index in [-0.39, 0.29) is 30.3 Å². The summed E-state index contributed by atoms with van der Waals surface area (Å²) in [7, 11) is 0. The van der Waals surface area contributed by atoms with Crippen LogP contribution >= 0.6 is 0 Å². The van der Waals surface area contributed by atoms with Crippen LogP contribution in [0.1, 0.15) is 54.6 Å². The number of benzene rings is 2. The number of hydrogen-bond donors (Lipinski definition) is 1. The molecule has 1 N–H and O–H groups in total. The van der Waals surface area contributed by atoms with Crippen LogP contribution in [-0.2, 0) is 4.79 Å². The normalized spacial score (nSPS) is 19.1. The molecule has 0 bridgehead atoms. The highest BCUT2D eigenvalue weighted by Gasteiger charge is 2.31. The fraction of sp³-hybridized carbons (Fsp3) is 0.417. The monoisotopic (exact) mass is 408 g/mol. The number of rotatable bonds is 5. The van der Waals surface area contributed by atoms with Gasteiger partial charge in [0.25, 0.3) is 5.91 Å². The molecule has 0 aliphatic carbocycles. The standard InChI is InChI=1S/C24H28N2O4/c1-17(25-24(28)18-7-3-2-4-8-18)15-23(27)26-12-5-9-20(26)19-10-11-21-22(16-19)30-14-6-13-29-21/h2-4,7-8,10-11,16-17,20H,5-6,9,12-15H2,1H3,(H,25,28). The van der Waals surface area contributed by atoms with E-state index in [0.29, 0.717) is 18.8 Å². The van der Waals surface area contributed by atoms with Crippen molar-refractivity contribution in [2.45, 2.75) is 44.7 Å². The molecule has 0 saturated carbocycles. The van der Waals surface area contributed by atoms with E-state index in [0.717, 1.165) is 42.9 Å². The molecule has 6 nitrogen and oxygen atoms in total. The van der Waals surface area contributed by atoms with Gasteiger partial charge in [-0.1, -0.05) is 24.3 Å². The van der Waals surface area contributed by atoms with E-state index in [1.807, 2.05) is 48.2 Å². The zero-order chi connectivity index (χ0) is 20.9. The third-order valence-electron chi connectivity index (χ3n) is 5.62. The Morgan fingerprint density at radius 2 is 1.83 bits per heavy atom. The SMILES string of the molecule is CC(CC(=O)N1CCCC1c1ccc2c(c1)OCCCO2)NC(=O)c1ccccc1. The first-order chi connectivity index (χ1) is 14.6. The van der Waals surface area contributed by atoms with Gasteiger partial charge in [-0.15, -0.1) is 0 Å². The number of amides is 2. The molecule has 2 aromatic carbocycles. The number of nitrogens with zero attached hydrogens (tertiary/aromatic N) is 1. The van der Waals surface area contributed by atoms with Gasteiger partial charge in [0, 0.05) is 31.0 Å². The Bertz CT molecular complexity index is 899. The van der Waals surface area contributed by atoms with Crippen molar-refractivity contribution < 1.29 is 19.1 Å². The molecule has 0 spiro atoms. The van der Waals surface area contributed by atoms with E-state index in [9.17, 15) is 9.59 Å². The molecule has 0 radical (unpaired) electrons. The van der Waals surface area contributed by atoms with Crippen LogP contribution in [0.15, 0.2) is 48.5 Å². The number of nitrogens with one attached hydrogen (secondary N) is 1. The fourth-order valence-corrected chi connectivity index (χ4v) is 4.13. The van der Waals surface area contributed by atoms with E-state index in [4.69, 9.17) is 9.47 Å². The number of ether oxygens (including phenoxy) is 2. The van der Waals surface area contributed by atoms with Crippen molar-refractivity contribution in [3.63, 3.8) is 0 Å². The van der Waals surface area contributed by atoms with Gasteiger partial charge in [-0.3, -0.25) is 9.59 Å². The van der Waals surface area contributed by atoms with E-state index < -0.39 is 0 Å². The third-order valence-corrected chi connectivity index (χ3v) is 5.62. The van der Waals surface area contributed by atoms with Gasteiger partial charge >= 0.3 is 0 Å². The summed E-state index contributed by atoms with van der Waals surface area (Å²) in [6.45, 7) is 3.91. The molecule has 2 amide bonds. The van der Waals surface area contributed by atoms with Crippen LogP contribution < -0.4 is 14.8 Å². The van der Waals surface area contributed by atoms with Crippen molar-refractivity contribution in [3.8, 4) is 11.5 Å². The molecule has 4 rings (SSSR count). The molecular formula is C24H28N2O4. The van der Waals surface area contributed by atoms with Gasteiger partial charge < -0.3 is 19.7 Å². The Labute approximate surface area is 177 Å². The highest BCUT2D eigenvalue weighted by Crippen LogP contribution is 2.38. The molecule has 2 atom stereocenters. The van der Waals surface area contributed by atoms with Crippen molar-refractivity contribution in [3.05, 3.63) is 59.7 Å². The average molecular weight is 408 g/mol. The second kappa shape index (κ2) is 9.20. The van der Waals surface area contributed by atoms with Crippen molar-refractivity contribution in [1.82, 2.24) is 10.2 Å². The highest BCUT2D eigenvalue weighted by atomic mass is 16.5. The van der Waals surface area contributed by atoms with Crippen LogP contribution in [0.5, 0.6) is 11.5 Å². The van der Waals surface area contributed by atoms with E-state index in [2.05, 4.69) is 5.32 Å². The summed E-state index contributed by atoms with van der Waals surface area (Å²) < 4.78 is 11.5. The largest absolute Gasteiger partial charge is 0.490 e. The Morgan fingerprint density at radius 1 is 1.07 bits per heavy atom. The van der Waals surface area contributed by atoms with E-state index in [1.165, 1.54) is 0 Å². The molecule has 30 heavy (non-hydrogen) atoms. The maximum atomic E-state index is 13.0. The lowest BCUT2D eigenvalue weighted by atomic mass is 10.0. The quantitative estimate of drug-likeness (QED) is 0.819. The molecule has 2 unspecified atom stereocenters. The number of fused-ring (bicyclic) bond motifs is 1. The lowest BCUT2D eigenvalue weighted by Crippen LogP contribution is -2.39. The maximum Gasteiger partial charge on any atom is 0.251 e. The number of hydrogen-bond acceptors (Lipinski definition) is 4. The molecule has 1 fully saturated rings. The van der Waals surface area contributed by atoms with Crippen LogP contribution in [0, 0.1) is 0 Å². The minimum Gasteiger partial charge on any atom is -0.490 e. The number of carbonyl (C=O) groups excluding carboxylic acids is 2. The second-order valence-corrected chi connectivity index (χ2v) is 7.95. The molecule has 2 aliphatic heterocycles. The topological polar surface area (TPSA) is 67.9 Å². The molecule has 158 valence electrons. The van der Waals surface area contributed by atoms with Gasteiger partial charge in [0.1, 0.15) is 0 Å². The Morgan fingerprint density at radius 3 is 2.63 bits per heavy atom. The average Bonchev–Trinajstić information content (AvgIpc) is 3.13. The summed E-state index contributed by atoms with van der Waals surface area (Å²) in [6, 6.07) is 14.8. The first-order valence-corrected chi connectivity index (χ1v) is 10.7. The summed E-state index contributed by atoms with van der Waals surface area (Å²) in [5.41, 5.74) is 1.68. The van der Waals surface area contributed by atoms with Crippen LogP contribution in [0.2, 0.25) is 0 Å². The lowest BCUT2D eigenvalue weighted by molar-refractivity contribution is -0.132. The predicted molar refractivity (Wildman–Crippen MR) is 114 cm³/mol. The molecule has 0 aromatic heterocycles. The summed E-state index contributed by atoms with van der Waals surface area (Å²) in [5.74, 6) is 1.43. The Kier molecular flexibility index (Phi) is 6.21. The second-order valence-electron chi connectivity index (χ2n) is 7.95. The Hall–Kier alpha value is -3.02. The summed E-state index contributed by atoms with van der Waals surface area (Å²) >= 11 is 0. The maximum absolute atomic E-state index is 13.0. The zero-order valence-corrected chi connectivity index (χ0v) is 17.3. The molecule has 6 heteroatoms. The lowest BCUT2D eigenvalue weighted by Gasteiger charge is -2.27.